The van der Waals surface area contributed by atoms with Gasteiger partial charge in [-0.3, -0.25) is 4.99 Å². The first-order chi connectivity index (χ1) is 8.69. The molecule has 0 atom stereocenters. The van der Waals surface area contributed by atoms with E-state index in [4.69, 9.17) is 0 Å². The van der Waals surface area contributed by atoms with Crippen LogP contribution in [0.5, 0.6) is 0 Å². The molecular formula is C14H28N4. The van der Waals surface area contributed by atoms with Gasteiger partial charge in [-0.15, -0.1) is 0 Å². The molecule has 1 aliphatic heterocycles. The molecule has 2 aliphatic rings. The highest BCUT2D eigenvalue weighted by molar-refractivity contribution is 5.80. The summed E-state index contributed by atoms with van der Waals surface area (Å²) in [5, 5.41) is 7.10. The molecule has 2 fully saturated rings. The Bertz CT molecular complexity index is 276. The lowest BCUT2D eigenvalue weighted by molar-refractivity contribution is 0.167. The molecule has 0 unspecified atom stereocenters. The highest BCUT2D eigenvalue weighted by Gasteiger charge is 2.25. The molecule has 0 radical (unpaired) electrons. The summed E-state index contributed by atoms with van der Waals surface area (Å²) >= 11 is 0. The van der Waals surface area contributed by atoms with Crippen LogP contribution in [0.3, 0.4) is 0 Å². The predicted octanol–water partition coefficient (Wildman–Crippen LogP) is 1.58. The van der Waals surface area contributed by atoms with E-state index in [9.17, 15) is 0 Å². The van der Waals surface area contributed by atoms with Crippen molar-refractivity contribution in [1.82, 2.24) is 15.5 Å². The van der Waals surface area contributed by atoms with Crippen LogP contribution in [0.25, 0.3) is 0 Å². The molecule has 4 nitrogen and oxygen atoms in total. The van der Waals surface area contributed by atoms with Crippen molar-refractivity contribution < 1.29 is 0 Å². The number of guanidine groups is 1. The summed E-state index contributed by atoms with van der Waals surface area (Å²) in [5.41, 5.74) is 0. The SMILES string of the molecule is CCN=C(NC1CC1)NC1CCN(C(C)C)CC1. The van der Waals surface area contributed by atoms with Gasteiger partial charge in [0.1, 0.15) is 0 Å². The molecule has 1 saturated heterocycles. The van der Waals surface area contributed by atoms with Crippen molar-refractivity contribution in [3.63, 3.8) is 0 Å². The molecule has 1 saturated carbocycles. The molecule has 0 amide bonds. The Morgan fingerprint density at radius 1 is 1.11 bits per heavy atom. The molecule has 18 heavy (non-hydrogen) atoms. The van der Waals surface area contributed by atoms with E-state index < -0.39 is 0 Å². The Hall–Kier alpha value is -0.770. The van der Waals surface area contributed by atoms with Crippen molar-refractivity contribution in [2.45, 2.75) is 64.6 Å². The first-order valence-electron chi connectivity index (χ1n) is 7.50. The van der Waals surface area contributed by atoms with Crippen molar-refractivity contribution in [3.8, 4) is 0 Å². The summed E-state index contributed by atoms with van der Waals surface area (Å²) in [6, 6.07) is 1.95. The summed E-state index contributed by atoms with van der Waals surface area (Å²) in [5.74, 6) is 1.03. The second-order valence-electron chi connectivity index (χ2n) is 5.79. The zero-order valence-electron chi connectivity index (χ0n) is 12.1. The third-order valence-corrected chi connectivity index (χ3v) is 3.84. The minimum atomic E-state index is 0.594. The summed E-state index contributed by atoms with van der Waals surface area (Å²) in [4.78, 5) is 7.09. The number of nitrogens with one attached hydrogen (secondary N) is 2. The highest BCUT2D eigenvalue weighted by Crippen LogP contribution is 2.19. The number of nitrogens with zero attached hydrogens (tertiary/aromatic N) is 2. The van der Waals surface area contributed by atoms with E-state index >= 15 is 0 Å². The lowest BCUT2D eigenvalue weighted by Crippen LogP contribution is -2.50. The predicted molar refractivity (Wildman–Crippen MR) is 77.0 cm³/mol. The minimum Gasteiger partial charge on any atom is -0.354 e. The van der Waals surface area contributed by atoms with Gasteiger partial charge in [-0.05, 0) is 46.5 Å². The summed E-state index contributed by atoms with van der Waals surface area (Å²) in [7, 11) is 0. The second kappa shape index (κ2) is 6.41. The molecule has 104 valence electrons. The van der Waals surface area contributed by atoms with Gasteiger partial charge in [-0.1, -0.05) is 0 Å². The Kier molecular flexibility index (Phi) is 4.87. The highest BCUT2D eigenvalue weighted by atomic mass is 15.2. The number of aliphatic imine (C=N–C) groups is 1. The Morgan fingerprint density at radius 3 is 2.11 bits per heavy atom. The molecule has 4 heteroatoms. The second-order valence-corrected chi connectivity index (χ2v) is 5.79. The first-order valence-corrected chi connectivity index (χ1v) is 7.50. The average molecular weight is 252 g/mol. The van der Waals surface area contributed by atoms with Gasteiger partial charge in [-0.25, -0.2) is 0 Å². The van der Waals surface area contributed by atoms with Crippen molar-refractivity contribution in [1.29, 1.82) is 0 Å². The van der Waals surface area contributed by atoms with Crippen LogP contribution in [0.4, 0.5) is 0 Å². The molecule has 0 bridgehead atoms. The summed E-state index contributed by atoms with van der Waals surface area (Å²) < 4.78 is 0. The zero-order valence-corrected chi connectivity index (χ0v) is 12.1. The van der Waals surface area contributed by atoms with E-state index in [1.54, 1.807) is 0 Å². The molecule has 2 rings (SSSR count). The molecular weight excluding hydrogens is 224 g/mol. The topological polar surface area (TPSA) is 39.7 Å². The quantitative estimate of drug-likeness (QED) is 0.589. The first kappa shape index (κ1) is 13.7. The van der Waals surface area contributed by atoms with E-state index in [-0.39, 0.29) is 0 Å². The van der Waals surface area contributed by atoms with Gasteiger partial charge >= 0.3 is 0 Å². The fourth-order valence-corrected chi connectivity index (χ4v) is 2.47. The monoisotopic (exact) mass is 252 g/mol. The van der Waals surface area contributed by atoms with Gasteiger partial charge in [0.2, 0.25) is 0 Å². The maximum Gasteiger partial charge on any atom is 0.191 e. The molecule has 0 spiro atoms. The fraction of sp³-hybridized carbons (Fsp3) is 0.929. The molecule has 1 heterocycles. The van der Waals surface area contributed by atoms with Gasteiger partial charge in [0.15, 0.2) is 5.96 Å². The average Bonchev–Trinajstić information content (AvgIpc) is 3.14. The lowest BCUT2D eigenvalue weighted by atomic mass is 10.0. The minimum absolute atomic E-state index is 0.594. The maximum atomic E-state index is 4.53. The Balaban J connectivity index is 1.76. The Labute approximate surface area is 111 Å². The van der Waals surface area contributed by atoms with Crippen LogP contribution in [0, 0.1) is 0 Å². The maximum absolute atomic E-state index is 4.53. The van der Waals surface area contributed by atoms with Gasteiger partial charge in [-0.2, -0.15) is 0 Å². The third kappa shape index (κ3) is 4.16. The van der Waals surface area contributed by atoms with E-state index in [1.807, 2.05) is 0 Å². The molecule has 0 aromatic heterocycles. The normalized spacial score (nSPS) is 23.4. The van der Waals surface area contributed by atoms with E-state index in [2.05, 4.69) is 41.3 Å². The number of likely N-dealkylation sites (tertiary alicyclic amines) is 1. The van der Waals surface area contributed by atoms with Gasteiger partial charge in [0.05, 0.1) is 0 Å². The Morgan fingerprint density at radius 2 is 1.67 bits per heavy atom. The van der Waals surface area contributed by atoms with Gasteiger partial charge < -0.3 is 15.5 Å². The van der Waals surface area contributed by atoms with Crippen molar-refractivity contribution in [3.05, 3.63) is 0 Å². The van der Waals surface area contributed by atoms with Crippen LogP contribution in [0.1, 0.15) is 46.5 Å². The standard InChI is InChI=1S/C14H28N4/c1-4-15-14(16-12-5-6-12)17-13-7-9-18(10-8-13)11(2)3/h11-13H,4-10H2,1-3H3,(H2,15,16,17). The lowest BCUT2D eigenvalue weighted by Gasteiger charge is -2.35. The molecule has 0 aromatic rings. The number of piperidine rings is 1. The van der Waals surface area contributed by atoms with Crippen molar-refractivity contribution in [2.75, 3.05) is 19.6 Å². The van der Waals surface area contributed by atoms with Gasteiger partial charge in [0, 0.05) is 37.8 Å². The van der Waals surface area contributed by atoms with Crippen LogP contribution in [0.15, 0.2) is 4.99 Å². The fourth-order valence-electron chi connectivity index (χ4n) is 2.47. The van der Waals surface area contributed by atoms with Crippen LogP contribution < -0.4 is 10.6 Å². The largest absolute Gasteiger partial charge is 0.354 e. The molecule has 0 aromatic carbocycles. The number of rotatable bonds is 4. The van der Waals surface area contributed by atoms with Crippen LogP contribution in [-0.2, 0) is 0 Å². The van der Waals surface area contributed by atoms with E-state index in [0.717, 1.165) is 12.5 Å². The van der Waals surface area contributed by atoms with Crippen LogP contribution in [0.2, 0.25) is 0 Å². The number of hydrogen-bond donors (Lipinski definition) is 2. The summed E-state index contributed by atoms with van der Waals surface area (Å²) in [6.45, 7) is 9.93. The zero-order chi connectivity index (χ0) is 13.0. The number of hydrogen-bond acceptors (Lipinski definition) is 2. The summed E-state index contributed by atoms with van der Waals surface area (Å²) in [6.07, 6.45) is 5.06. The van der Waals surface area contributed by atoms with Crippen molar-refractivity contribution in [2.24, 2.45) is 4.99 Å². The molecule has 2 N–H and O–H groups in total. The molecule has 1 aliphatic carbocycles. The van der Waals surface area contributed by atoms with Crippen LogP contribution in [-0.4, -0.2) is 48.6 Å². The smallest absolute Gasteiger partial charge is 0.191 e. The van der Waals surface area contributed by atoms with E-state index in [0.29, 0.717) is 18.1 Å². The van der Waals surface area contributed by atoms with Gasteiger partial charge in [0.25, 0.3) is 0 Å². The van der Waals surface area contributed by atoms with Crippen molar-refractivity contribution >= 4 is 5.96 Å². The van der Waals surface area contributed by atoms with Crippen LogP contribution >= 0.6 is 0 Å². The van der Waals surface area contributed by atoms with E-state index in [1.165, 1.54) is 38.8 Å². The third-order valence-electron chi connectivity index (χ3n) is 3.84.